The molecule has 2 N–H and O–H groups in total. The fourth-order valence-electron chi connectivity index (χ4n) is 2.24. The van der Waals surface area contributed by atoms with E-state index >= 15 is 0 Å². The number of anilines is 1. The molecule has 0 saturated carbocycles. The Morgan fingerprint density at radius 3 is 2.43 bits per heavy atom. The molecule has 2 aromatic rings. The minimum absolute atomic E-state index is 0.0598. The lowest BCUT2D eigenvalue weighted by molar-refractivity contribution is 0.425. The molecule has 0 aliphatic rings. The van der Waals surface area contributed by atoms with Crippen molar-refractivity contribution in [3.8, 4) is 11.3 Å². The maximum absolute atomic E-state index is 11.5. The van der Waals surface area contributed by atoms with Crippen molar-refractivity contribution < 1.29 is 0 Å². The summed E-state index contributed by atoms with van der Waals surface area (Å²) < 4.78 is 0. The van der Waals surface area contributed by atoms with Crippen molar-refractivity contribution in [2.24, 2.45) is 0 Å². The Labute approximate surface area is 125 Å². The Morgan fingerprint density at radius 2 is 1.81 bits per heavy atom. The van der Waals surface area contributed by atoms with E-state index in [-0.39, 0.29) is 5.56 Å². The highest BCUT2D eigenvalue weighted by Crippen LogP contribution is 2.22. The molecule has 0 amide bonds. The molecule has 4 heteroatoms. The van der Waals surface area contributed by atoms with E-state index in [1.807, 2.05) is 18.2 Å². The van der Waals surface area contributed by atoms with Crippen LogP contribution in [0.3, 0.4) is 0 Å². The number of rotatable bonds is 6. The largest absolute Gasteiger partial charge is 0.384 e. The highest BCUT2D eigenvalue weighted by atomic mass is 16.1. The van der Waals surface area contributed by atoms with Crippen molar-refractivity contribution in [1.82, 2.24) is 9.88 Å². The molecule has 0 aliphatic heterocycles. The molecule has 0 fully saturated rings. The first-order valence-electron chi connectivity index (χ1n) is 7.31. The van der Waals surface area contributed by atoms with Crippen LogP contribution in [0.5, 0.6) is 0 Å². The van der Waals surface area contributed by atoms with E-state index in [0.717, 1.165) is 42.0 Å². The number of aromatic amines is 1. The number of aromatic nitrogens is 1. The van der Waals surface area contributed by atoms with Crippen molar-refractivity contribution in [3.05, 3.63) is 52.3 Å². The number of benzene rings is 1. The van der Waals surface area contributed by atoms with E-state index in [1.165, 1.54) is 0 Å². The minimum atomic E-state index is -0.0598. The van der Waals surface area contributed by atoms with Crippen LogP contribution in [0.1, 0.15) is 12.5 Å². The van der Waals surface area contributed by atoms with Gasteiger partial charge in [-0.15, -0.1) is 0 Å². The Hall–Kier alpha value is -2.07. The number of aryl methyl sites for hydroxylation is 1. The van der Waals surface area contributed by atoms with Crippen LogP contribution in [0.15, 0.2) is 41.2 Å². The van der Waals surface area contributed by atoms with Crippen molar-refractivity contribution in [2.75, 3.05) is 32.5 Å². The Balaban J connectivity index is 2.15. The van der Waals surface area contributed by atoms with E-state index in [2.05, 4.69) is 48.4 Å². The number of pyridine rings is 1. The van der Waals surface area contributed by atoms with Gasteiger partial charge in [0.15, 0.2) is 0 Å². The van der Waals surface area contributed by atoms with Gasteiger partial charge in [-0.3, -0.25) is 4.79 Å². The number of hydrogen-bond acceptors (Lipinski definition) is 3. The predicted octanol–water partition coefficient (Wildman–Crippen LogP) is 2.58. The summed E-state index contributed by atoms with van der Waals surface area (Å²) >= 11 is 0. The number of H-pyrrole nitrogens is 1. The second-order valence-electron chi connectivity index (χ2n) is 5.38. The van der Waals surface area contributed by atoms with Crippen molar-refractivity contribution in [2.45, 2.75) is 13.3 Å². The zero-order valence-corrected chi connectivity index (χ0v) is 12.9. The molecule has 21 heavy (non-hydrogen) atoms. The lowest BCUT2D eigenvalue weighted by atomic mass is 10.0. The highest BCUT2D eigenvalue weighted by molar-refractivity contribution is 5.65. The van der Waals surface area contributed by atoms with Gasteiger partial charge in [0.05, 0.1) is 5.69 Å². The summed E-state index contributed by atoms with van der Waals surface area (Å²) in [5.74, 6) is 0. The van der Waals surface area contributed by atoms with Gasteiger partial charge in [-0.05, 0) is 43.8 Å². The fourth-order valence-corrected chi connectivity index (χ4v) is 2.24. The maximum atomic E-state index is 11.5. The van der Waals surface area contributed by atoms with Crippen LogP contribution in [0.2, 0.25) is 0 Å². The number of likely N-dealkylation sites (N-methyl/N-ethyl adjacent to an activating group) is 1. The zero-order chi connectivity index (χ0) is 15.2. The predicted molar refractivity (Wildman–Crippen MR) is 88.9 cm³/mol. The second-order valence-corrected chi connectivity index (χ2v) is 5.38. The molecule has 0 unspecified atom stereocenters. The molecule has 4 nitrogen and oxygen atoms in total. The molecule has 0 bridgehead atoms. The summed E-state index contributed by atoms with van der Waals surface area (Å²) in [5.41, 5.74) is 4.16. The molecular formula is C17H23N3O. The second kappa shape index (κ2) is 7.09. The van der Waals surface area contributed by atoms with Gasteiger partial charge in [-0.2, -0.15) is 0 Å². The lowest BCUT2D eigenvalue weighted by Crippen LogP contribution is -2.20. The standard InChI is InChI=1S/C17H23N3O/c1-4-13-7-10-16(21)19-17(13)14-5-8-15(9-6-14)18-11-12-20(2)3/h5-10,18H,4,11-12H2,1-3H3,(H,19,21). The third-order valence-electron chi connectivity index (χ3n) is 3.45. The lowest BCUT2D eigenvalue weighted by Gasteiger charge is -2.12. The first kappa shape index (κ1) is 15.3. The summed E-state index contributed by atoms with van der Waals surface area (Å²) in [6, 6.07) is 11.7. The number of nitrogens with one attached hydrogen (secondary N) is 2. The molecule has 0 spiro atoms. The molecule has 0 saturated heterocycles. The van der Waals surface area contributed by atoms with Crippen molar-refractivity contribution in [3.63, 3.8) is 0 Å². The highest BCUT2D eigenvalue weighted by Gasteiger charge is 2.05. The Morgan fingerprint density at radius 1 is 1.10 bits per heavy atom. The van der Waals surface area contributed by atoms with Crippen LogP contribution in [0, 0.1) is 0 Å². The van der Waals surface area contributed by atoms with Crippen LogP contribution < -0.4 is 10.9 Å². The average molecular weight is 285 g/mol. The zero-order valence-electron chi connectivity index (χ0n) is 12.9. The van der Waals surface area contributed by atoms with Crippen LogP contribution in [0.25, 0.3) is 11.3 Å². The minimum Gasteiger partial charge on any atom is -0.384 e. The summed E-state index contributed by atoms with van der Waals surface area (Å²) in [5, 5.41) is 3.38. The van der Waals surface area contributed by atoms with Gasteiger partial charge < -0.3 is 15.2 Å². The SMILES string of the molecule is CCc1ccc(=O)[nH]c1-c1ccc(NCCN(C)C)cc1. The van der Waals surface area contributed by atoms with Crippen molar-refractivity contribution >= 4 is 5.69 Å². The summed E-state index contributed by atoms with van der Waals surface area (Å²) in [7, 11) is 4.12. The van der Waals surface area contributed by atoms with Gasteiger partial charge in [0, 0.05) is 24.8 Å². The molecule has 1 heterocycles. The van der Waals surface area contributed by atoms with Gasteiger partial charge in [-0.1, -0.05) is 25.1 Å². The fraction of sp³-hybridized carbons (Fsp3) is 0.353. The summed E-state index contributed by atoms with van der Waals surface area (Å²) in [6.07, 6.45) is 0.898. The van der Waals surface area contributed by atoms with Gasteiger partial charge in [0.2, 0.25) is 5.56 Å². The van der Waals surface area contributed by atoms with Crippen molar-refractivity contribution in [1.29, 1.82) is 0 Å². The van der Waals surface area contributed by atoms with E-state index in [9.17, 15) is 4.79 Å². The quantitative estimate of drug-likeness (QED) is 0.857. The molecule has 112 valence electrons. The summed E-state index contributed by atoms with van der Waals surface area (Å²) in [4.78, 5) is 16.6. The van der Waals surface area contributed by atoms with Gasteiger partial charge in [-0.25, -0.2) is 0 Å². The van der Waals surface area contributed by atoms with E-state index in [4.69, 9.17) is 0 Å². The van der Waals surface area contributed by atoms with Gasteiger partial charge in [0.1, 0.15) is 0 Å². The molecule has 0 aliphatic carbocycles. The number of hydrogen-bond donors (Lipinski definition) is 2. The van der Waals surface area contributed by atoms with E-state index < -0.39 is 0 Å². The van der Waals surface area contributed by atoms with Crippen LogP contribution in [0.4, 0.5) is 5.69 Å². The molecule has 0 radical (unpaired) electrons. The molecule has 1 aromatic carbocycles. The molecular weight excluding hydrogens is 262 g/mol. The van der Waals surface area contributed by atoms with E-state index in [0.29, 0.717) is 0 Å². The molecule has 1 aromatic heterocycles. The van der Waals surface area contributed by atoms with Crippen LogP contribution in [-0.2, 0) is 6.42 Å². The normalized spacial score (nSPS) is 10.9. The van der Waals surface area contributed by atoms with Gasteiger partial charge in [0.25, 0.3) is 0 Å². The molecule has 0 atom stereocenters. The van der Waals surface area contributed by atoms with E-state index in [1.54, 1.807) is 6.07 Å². The Kier molecular flexibility index (Phi) is 5.17. The summed E-state index contributed by atoms with van der Waals surface area (Å²) in [6.45, 7) is 4.00. The van der Waals surface area contributed by atoms with Gasteiger partial charge >= 0.3 is 0 Å². The third kappa shape index (κ3) is 4.20. The monoisotopic (exact) mass is 285 g/mol. The maximum Gasteiger partial charge on any atom is 0.248 e. The van der Waals surface area contributed by atoms with Crippen LogP contribution in [-0.4, -0.2) is 37.1 Å². The first-order valence-corrected chi connectivity index (χ1v) is 7.31. The smallest absolute Gasteiger partial charge is 0.248 e. The topological polar surface area (TPSA) is 48.1 Å². The third-order valence-corrected chi connectivity index (χ3v) is 3.45. The molecule has 2 rings (SSSR count). The first-order chi connectivity index (χ1) is 10.1. The number of nitrogens with zero attached hydrogens (tertiary/aromatic N) is 1. The Bertz CT molecular complexity index is 629. The van der Waals surface area contributed by atoms with Crippen LogP contribution >= 0.6 is 0 Å². The average Bonchev–Trinajstić information content (AvgIpc) is 2.47.